The van der Waals surface area contributed by atoms with Gasteiger partial charge in [0.25, 0.3) is 10.0 Å². The molecule has 5 nitrogen and oxygen atoms in total. The van der Waals surface area contributed by atoms with E-state index in [1.807, 2.05) is 13.8 Å². The highest BCUT2D eigenvalue weighted by atomic mass is 35.5. The summed E-state index contributed by atoms with van der Waals surface area (Å²) in [6.07, 6.45) is 0.276. The lowest BCUT2D eigenvalue weighted by Gasteiger charge is -2.18. The number of benzene rings is 2. The number of rotatable bonds is 7. The minimum Gasteiger partial charge on any atom is -0.343 e. The molecule has 0 spiro atoms. The maximum atomic E-state index is 12.4. The fraction of sp³-hybridized carbons (Fsp3) is 0.278. The summed E-state index contributed by atoms with van der Waals surface area (Å²) >= 11 is 11.7. The summed E-state index contributed by atoms with van der Waals surface area (Å²) in [4.78, 5) is 13.9. The smallest absolute Gasteiger partial charge is 0.261 e. The fourth-order valence-electron chi connectivity index (χ4n) is 2.45. The van der Waals surface area contributed by atoms with Crippen LogP contribution in [-0.4, -0.2) is 32.3 Å². The fourth-order valence-corrected chi connectivity index (χ4v) is 4.24. The minimum atomic E-state index is -3.81. The highest BCUT2D eigenvalue weighted by molar-refractivity contribution is 7.92. The van der Waals surface area contributed by atoms with Crippen molar-refractivity contribution in [3.05, 3.63) is 58.1 Å². The summed E-state index contributed by atoms with van der Waals surface area (Å²) < 4.78 is 27.4. The van der Waals surface area contributed by atoms with Crippen LogP contribution < -0.4 is 4.72 Å². The molecule has 2 rings (SSSR count). The van der Waals surface area contributed by atoms with E-state index in [1.165, 1.54) is 18.2 Å². The molecular weight excluding hydrogens is 395 g/mol. The molecule has 0 aromatic heterocycles. The molecule has 2 aromatic carbocycles. The molecule has 2 aromatic rings. The van der Waals surface area contributed by atoms with Gasteiger partial charge in [0.2, 0.25) is 5.91 Å². The number of carbonyl (C=O) groups excluding carboxylic acids is 1. The largest absolute Gasteiger partial charge is 0.343 e. The number of hydrogen-bond acceptors (Lipinski definition) is 3. The number of anilines is 1. The molecule has 0 heterocycles. The third-order valence-corrected chi connectivity index (χ3v) is 5.62. The number of nitrogens with one attached hydrogen (secondary N) is 1. The van der Waals surface area contributed by atoms with E-state index in [9.17, 15) is 13.2 Å². The monoisotopic (exact) mass is 414 g/mol. The van der Waals surface area contributed by atoms with Gasteiger partial charge in [-0.2, -0.15) is 0 Å². The summed E-state index contributed by atoms with van der Waals surface area (Å²) in [6.45, 7) is 5.19. The average molecular weight is 415 g/mol. The second kappa shape index (κ2) is 8.75. The molecule has 0 bridgehead atoms. The number of halogens is 2. The molecule has 0 fully saturated rings. The van der Waals surface area contributed by atoms with E-state index in [0.29, 0.717) is 18.8 Å². The lowest BCUT2D eigenvalue weighted by Crippen LogP contribution is -2.31. The van der Waals surface area contributed by atoms with Crippen LogP contribution in [0.4, 0.5) is 5.69 Å². The maximum absolute atomic E-state index is 12.4. The van der Waals surface area contributed by atoms with Crippen molar-refractivity contribution in [2.45, 2.75) is 25.2 Å². The first-order chi connectivity index (χ1) is 12.2. The molecule has 0 unspecified atom stereocenters. The molecule has 0 aliphatic rings. The first kappa shape index (κ1) is 20.6. The minimum absolute atomic E-state index is 0.0178. The lowest BCUT2D eigenvalue weighted by molar-refractivity contribution is -0.130. The van der Waals surface area contributed by atoms with Gasteiger partial charge < -0.3 is 4.90 Å². The number of nitrogens with zero attached hydrogens (tertiary/aromatic N) is 1. The quantitative estimate of drug-likeness (QED) is 0.737. The SMILES string of the molecule is CCN(CC)C(=O)Cc1ccc(NS(=O)(=O)c2cc(Cl)cc(Cl)c2)cc1. The average Bonchev–Trinajstić information content (AvgIpc) is 2.56. The Labute approximate surface area is 164 Å². The predicted molar refractivity (Wildman–Crippen MR) is 105 cm³/mol. The Morgan fingerprint density at radius 3 is 2.04 bits per heavy atom. The van der Waals surface area contributed by atoms with Crippen LogP contribution in [0.25, 0.3) is 0 Å². The summed E-state index contributed by atoms with van der Waals surface area (Å²) in [6, 6.07) is 10.8. The molecule has 0 saturated heterocycles. The number of sulfonamides is 1. The van der Waals surface area contributed by atoms with Crippen molar-refractivity contribution in [2.75, 3.05) is 17.8 Å². The van der Waals surface area contributed by atoms with Gasteiger partial charge >= 0.3 is 0 Å². The second-order valence-electron chi connectivity index (χ2n) is 5.65. The Morgan fingerprint density at radius 2 is 1.54 bits per heavy atom. The number of hydrogen-bond donors (Lipinski definition) is 1. The van der Waals surface area contributed by atoms with E-state index in [-0.39, 0.29) is 27.3 Å². The van der Waals surface area contributed by atoms with E-state index in [0.717, 1.165) is 5.56 Å². The van der Waals surface area contributed by atoms with Crippen LogP contribution in [-0.2, 0) is 21.2 Å². The summed E-state index contributed by atoms with van der Waals surface area (Å²) in [5.74, 6) is 0.0388. The topological polar surface area (TPSA) is 66.5 Å². The highest BCUT2D eigenvalue weighted by Crippen LogP contribution is 2.24. The van der Waals surface area contributed by atoms with Crippen molar-refractivity contribution < 1.29 is 13.2 Å². The third-order valence-electron chi connectivity index (χ3n) is 3.82. The van der Waals surface area contributed by atoms with Gasteiger partial charge in [-0.3, -0.25) is 9.52 Å². The van der Waals surface area contributed by atoms with Gasteiger partial charge in [-0.25, -0.2) is 8.42 Å². The lowest BCUT2D eigenvalue weighted by atomic mass is 10.1. The van der Waals surface area contributed by atoms with Crippen molar-refractivity contribution in [1.29, 1.82) is 0 Å². The van der Waals surface area contributed by atoms with Crippen LogP contribution in [0, 0.1) is 0 Å². The van der Waals surface area contributed by atoms with Gasteiger partial charge in [-0.05, 0) is 49.7 Å². The zero-order chi connectivity index (χ0) is 19.3. The van der Waals surface area contributed by atoms with E-state index in [2.05, 4.69) is 4.72 Å². The Kier molecular flexibility index (Phi) is 6.92. The van der Waals surface area contributed by atoms with Gasteiger partial charge in [-0.15, -0.1) is 0 Å². The predicted octanol–water partition coefficient (Wildman–Crippen LogP) is 4.21. The number of amides is 1. The molecule has 140 valence electrons. The molecule has 0 atom stereocenters. The van der Waals surface area contributed by atoms with Gasteiger partial charge in [0.15, 0.2) is 0 Å². The van der Waals surface area contributed by atoms with Crippen LogP contribution in [0.15, 0.2) is 47.4 Å². The standard InChI is InChI=1S/C18H20Cl2N2O3S/c1-3-22(4-2)18(23)9-13-5-7-16(8-6-13)21-26(24,25)17-11-14(19)10-15(20)12-17/h5-8,10-12,21H,3-4,9H2,1-2H3. The van der Waals surface area contributed by atoms with Crippen LogP contribution in [0.3, 0.4) is 0 Å². The van der Waals surface area contributed by atoms with Gasteiger partial charge in [0, 0.05) is 28.8 Å². The van der Waals surface area contributed by atoms with Crippen LogP contribution in [0.5, 0.6) is 0 Å². The van der Waals surface area contributed by atoms with Gasteiger partial charge in [0.1, 0.15) is 0 Å². The van der Waals surface area contributed by atoms with E-state index in [4.69, 9.17) is 23.2 Å². The molecule has 0 aliphatic heterocycles. The van der Waals surface area contributed by atoms with Crippen molar-refractivity contribution in [2.24, 2.45) is 0 Å². The molecule has 8 heteroatoms. The molecule has 1 amide bonds. The Bertz CT molecular complexity index is 860. The molecule has 1 N–H and O–H groups in total. The summed E-state index contributed by atoms with van der Waals surface area (Å²) in [5.41, 5.74) is 1.20. The normalized spacial score (nSPS) is 11.2. The Balaban J connectivity index is 2.12. The molecule has 0 aliphatic carbocycles. The van der Waals surface area contributed by atoms with Crippen LogP contribution in [0.2, 0.25) is 10.0 Å². The Morgan fingerprint density at radius 1 is 1.00 bits per heavy atom. The van der Waals surface area contributed by atoms with E-state index in [1.54, 1.807) is 29.2 Å². The number of carbonyl (C=O) groups is 1. The van der Waals surface area contributed by atoms with E-state index >= 15 is 0 Å². The summed E-state index contributed by atoms with van der Waals surface area (Å²) in [7, 11) is -3.81. The zero-order valence-electron chi connectivity index (χ0n) is 14.5. The zero-order valence-corrected chi connectivity index (χ0v) is 16.8. The molecule has 26 heavy (non-hydrogen) atoms. The van der Waals surface area contributed by atoms with E-state index < -0.39 is 10.0 Å². The molecule has 0 saturated carbocycles. The van der Waals surface area contributed by atoms with Crippen LogP contribution in [0.1, 0.15) is 19.4 Å². The first-order valence-corrected chi connectivity index (χ1v) is 10.3. The second-order valence-corrected chi connectivity index (χ2v) is 8.21. The van der Waals surface area contributed by atoms with Crippen molar-refractivity contribution in [3.8, 4) is 0 Å². The van der Waals surface area contributed by atoms with Gasteiger partial charge in [0.05, 0.1) is 11.3 Å². The first-order valence-electron chi connectivity index (χ1n) is 8.10. The Hall–Kier alpha value is -1.76. The number of likely N-dealkylation sites (N-methyl/N-ethyl adjacent to an activating group) is 1. The van der Waals surface area contributed by atoms with Gasteiger partial charge in [-0.1, -0.05) is 35.3 Å². The molecule has 0 radical (unpaired) electrons. The van der Waals surface area contributed by atoms with Crippen LogP contribution >= 0.6 is 23.2 Å². The highest BCUT2D eigenvalue weighted by Gasteiger charge is 2.16. The maximum Gasteiger partial charge on any atom is 0.261 e. The molecular formula is C18H20Cl2N2O3S. The summed E-state index contributed by atoms with van der Waals surface area (Å²) in [5, 5.41) is 0.478. The van der Waals surface area contributed by atoms with Crippen molar-refractivity contribution >= 4 is 44.8 Å². The van der Waals surface area contributed by atoms with Crippen molar-refractivity contribution in [1.82, 2.24) is 4.90 Å². The van der Waals surface area contributed by atoms with Crippen molar-refractivity contribution in [3.63, 3.8) is 0 Å². The third kappa shape index (κ3) is 5.37.